The number of carbonyl (C=O) groups is 1. The van der Waals surface area contributed by atoms with Gasteiger partial charge in [-0.25, -0.2) is 0 Å². The molecule has 0 spiro atoms. The number of aliphatic carboxylic acids is 1. The number of nitrogens with two attached hydrogens (primary N) is 1. The van der Waals surface area contributed by atoms with E-state index in [2.05, 4.69) is 0 Å². The van der Waals surface area contributed by atoms with Gasteiger partial charge in [0.1, 0.15) is 0 Å². The second-order valence-corrected chi connectivity index (χ2v) is 3.00. The van der Waals surface area contributed by atoms with Gasteiger partial charge in [0.25, 0.3) is 5.69 Å². The molecule has 0 aliphatic carbocycles. The van der Waals surface area contributed by atoms with Gasteiger partial charge in [0.15, 0.2) is 0 Å². The molecule has 0 fully saturated rings. The number of nitrogen functional groups attached to an aromatic ring is 1. The third-order valence-corrected chi connectivity index (χ3v) is 1.54. The largest absolute Gasteiger partial charge is 0.481 e. The minimum Gasteiger partial charge on any atom is -0.481 e. The van der Waals surface area contributed by atoms with Crippen molar-refractivity contribution in [1.29, 1.82) is 0 Å². The summed E-state index contributed by atoms with van der Waals surface area (Å²) < 4.78 is 0. The summed E-state index contributed by atoms with van der Waals surface area (Å²) in [4.78, 5) is 19.2. The first-order chi connectivity index (χ1) is 7.47. The first kappa shape index (κ1) is 13.9. The van der Waals surface area contributed by atoms with Gasteiger partial charge in [0.05, 0.1) is 4.92 Å². The Morgan fingerprint density at radius 1 is 1.56 bits per heavy atom. The molecule has 1 aromatic rings. The van der Waals surface area contributed by atoms with Gasteiger partial charge in [-0.3, -0.25) is 14.9 Å². The summed E-state index contributed by atoms with van der Waals surface area (Å²) in [5.74, 6) is -0.711. The van der Waals surface area contributed by atoms with Crippen molar-refractivity contribution in [2.75, 3.05) is 5.73 Å². The van der Waals surface area contributed by atoms with E-state index in [1.807, 2.05) is 6.92 Å². The van der Waals surface area contributed by atoms with E-state index in [4.69, 9.17) is 10.8 Å². The second-order valence-electron chi connectivity index (χ2n) is 3.00. The number of nitro groups is 1. The lowest BCUT2D eigenvalue weighted by molar-refractivity contribution is -0.384. The molecule has 0 saturated carbocycles. The maximum absolute atomic E-state index is 10.1. The van der Waals surface area contributed by atoms with Crippen LogP contribution in [-0.2, 0) is 4.79 Å². The highest BCUT2D eigenvalue weighted by Crippen LogP contribution is 2.13. The van der Waals surface area contributed by atoms with Gasteiger partial charge in [-0.2, -0.15) is 0 Å². The summed E-state index contributed by atoms with van der Waals surface area (Å²) in [5.41, 5.74) is 5.73. The molecular formula is C10H14N2O4. The maximum Gasteiger partial charge on any atom is 0.303 e. The van der Waals surface area contributed by atoms with E-state index in [-0.39, 0.29) is 5.69 Å². The molecule has 0 atom stereocenters. The van der Waals surface area contributed by atoms with E-state index in [0.29, 0.717) is 12.1 Å². The molecule has 16 heavy (non-hydrogen) atoms. The van der Waals surface area contributed by atoms with Crippen molar-refractivity contribution in [3.63, 3.8) is 0 Å². The smallest absolute Gasteiger partial charge is 0.303 e. The number of carboxylic acid groups (broad SMARTS) is 1. The van der Waals surface area contributed by atoms with Gasteiger partial charge in [0.2, 0.25) is 0 Å². The topological polar surface area (TPSA) is 106 Å². The van der Waals surface area contributed by atoms with Crippen LogP contribution in [0.25, 0.3) is 0 Å². The van der Waals surface area contributed by atoms with Crippen LogP contribution in [-0.4, -0.2) is 16.0 Å². The fourth-order valence-electron chi connectivity index (χ4n) is 0.852. The minimum atomic E-state index is -0.711. The Labute approximate surface area is 92.8 Å². The Balaban J connectivity index is 0.000000325. The first-order valence-corrected chi connectivity index (χ1v) is 4.69. The van der Waals surface area contributed by atoms with Crippen LogP contribution in [0, 0.1) is 10.1 Å². The molecule has 0 radical (unpaired) electrons. The molecule has 3 N–H and O–H groups in total. The zero-order chi connectivity index (χ0) is 12.6. The molecule has 0 amide bonds. The predicted molar refractivity (Wildman–Crippen MR) is 60.1 cm³/mol. The van der Waals surface area contributed by atoms with E-state index in [1.54, 1.807) is 12.1 Å². The van der Waals surface area contributed by atoms with Crippen molar-refractivity contribution < 1.29 is 14.8 Å². The van der Waals surface area contributed by atoms with Crippen molar-refractivity contribution in [2.24, 2.45) is 0 Å². The van der Waals surface area contributed by atoms with Crippen molar-refractivity contribution in [3.05, 3.63) is 34.4 Å². The van der Waals surface area contributed by atoms with E-state index >= 15 is 0 Å². The predicted octanol–water partition coefficient (Wildman–Crippen LogP) is 2.05. The number of benzene rings is 1. The van der Waals surface area contributed by atoms with Gasteiger partial charge in [-0.05, 0) is 12.5 Å². The van der Waals surface area contributed by atoms with E-state index in [1.165, 1.54) is 12.1 Å². The number of rotatable bonds is 3. The van der Waals surface area contributed by atoms with Crippen LogP contribution in [0.1, 0.15) is 19.8 Å². The number of carboxylic acids is 1. The van der Waals surface area contributed by atoms with Crippen molar-refractivity contribution in [1.82, 2.24) is 0 Å². The lowest BCUT2D eigenvalue weighted by Crippen LogP contribution is -1.90. The highest BCUT2D eigenvalue weighted by molar-refractivity contribution is 5.66. The Hall–Kier alpha value is -2.11. The molecule has 1 rings (SSSR count). The summed E-state index contributed by atoms with van der Waals surface area (Å²) in [6.45, 7) is 1.84. The van der Waals surface area contributed by atoms with Gasteiger partial charge in [-0.1, -0.05) is 13.0 Å². The monoisotopic (exact) mass is 226 g/mol. The van der Waals surface area contributed by atoms with Crippen LogP contribution in [0.15, 0.2) is 24.3 Å². The standard InChI is InChI=1S/C6H6N2O2.C4H8O2/c7-5-2-1-3-6(4-5)8(9)10;1-2-3-4(5)6/h1-4H,7H2;2-3H2,1H3,(H,5,6). The molecule has 6 heteroatoms. The van der Waals surface area contributed by atoms with Crippen molar-refractivity contribution >= 4 is 17.3 Å². The lowest BCUT2D eigenvalue weighted by atomic mass is 10.3. The van der Waals surface area contributed by atoms with Crippen LogP contribution in [0.5, 0.6) is 0 Å². The van der Waals surface area contributed by atoms with Gasteiger partial charge in [0, 0.05) is 24.2 Å². The molecule has 0 unspecified atom stereocenters. The number of non-ortho nitro benzene ring substituents is 1. The summed E-state index contributed by atoms with van der Waals surface area (Å²) in [7, 11) is 0. The SMILES string of the molecule is CCCC(=O)O.Nc1cccc([N+](=O)[O-])c1. The molecule has 88 valence electrons. The van der Waals surface area contributed by atoms with Crippen molar-refractivity contribution in [3.8, 4) is 0 Å². The normalized spacial score (nSPS) is 8.81. The quantitative estimate of drug-likeness (QED) is 0.466. The lowest BCUT2D eigenvalue weighted by Gasteiger charge is -1.90. The zero-order valence-electron chi connectivity index (χ0n) is 8.92. The maximum atomic E-state index is 10.1. The van der Waals surface area contributed by atoms with Crippen LogP contribution in [0.3, 0.4) is 0 Å². The average molecular weight is 226 g/mol. The van der Waals surface area contributed by atoms with E-state index in [9.17, 15) is 14.9 Å². The fraction of sp³-hybridized carbons (Fsp3) is 0.300. The molecule has 0 saturated heterocycles. The third-order valence-electron chi connectivity index (χ3n) is 1.54. The van der Waals surface area contributed by atoms with Crippen LogP contribution < -0.4 is 5.73 Å². The first-order valence-electron chi connectivity index (χ1n) is 4.69. The highest BCUT2D eigenvalue weighted by atomic mass is 16.6. The third kappa shape index (κ3) is 6.36. The molecule has 0 aliphatic rings. The Kier molecular flexibility index (Phi) is 6.27. The Bertz CT molecular complexity index is 366. The van der Waals surface area contributed by atoms with Crippen molar-refractivity contribution in [2.45, 2.75) is 19.8 Å². The highest BCUT2D eigenvalue weighted by Gasteiger charge is 2.02. The zero-order valence-corrected chi connectivity index (χ0v) is 8.92. The number of anilines is 1. The molecule has 1 aromatic carbocycles. The molecule has 0 aliphatic heterocycles. The summed E-state index contributed by atoms with van der Waals surface area (Å²) in [5, 5.41) is 18.0. The number of hydrogen-bond donors (Lipinski definition) is 2. The van der Waals surface area contributed by atoms with Crippen LogP contribution in [0.2, 0.25) is 0 Å². The Morgan fingerprint density at radius 2 is 2.19 bits per heavy atom. The summed E-state index contributed by atoms with van der Waals surface area (Å²) >= 11 is 0. The fourth-order valence-corrected chi connectivity index (χ4v) is 0.852. The molecule has 0 bridgehead atoms. The van der Waals surface area contributed by atoms with Gasteiger partial charge >= 0.3 is 5.97 Å². The molecule has 6 nitrogen and oxygen atoms in total. The number of nitro benzene ring substituents is 1. The molecular weight excluding hydrogens is 212 g/mol. The minimum absolute atomic E-state index is 0.0278. The molecule has 0 aromatic heterocycles. The van der Waals surface area contributed by atoms with E-state index in [0.717, 1.165) is 6.42 Å². The van der Waals surface area contributed by atoms with Crippen LogP contribution in [0.4, 0.5) is 11.4 Å². The number of nitrogens with zero attached hydrogens (tertiary/aromatic N) is 1. The number of hydrogen-bond acceptors (Lipinski definition) is 4. The van der Waals surface area contributed by atoms with Crippen LogP contribution >= 0.6 is 0 Å². The second kappa shape index (κ2) is 7.22. The Morgan fingerprint density at radius 3 is 2.44 bits per heavy atom. The van der Waals surface area contributed by atoms with E-state index < -0.39 is 10.9 Å². The van der Waals surface area contributed by atoms with Gasteiger partial charge < -0.3 is 10.8 Å². The molecule has 0 heterocycles. The van der Waals surface area contributed by atoms with Gasteiger partial charge in [-0.15, -0.1) is 0 Å². The average Bonchev–Trinajstić information content (AvgIpc) is 2.18. The summed E-state index contributed by atoms with van der Waals surface area (Å²) in [6.07, 6.45) is 1.02. The summed E-state index contributed by atoms with van der Waals surface area (Å²) in [6, 6.07) is 5.87.